The third-order valence-corrected chi connectivity index (χ3v) is 4.89. The summed E-state index contributed by atoms with van der Waals surface area (Å²) < 4.78 is 5.24. The van der Waals surface area contributed by atoms with Crippen LogP contribution in [0.15, 0.2) is 24.3 Å². The lowest BCUT2D eigenvalue weighted by Gasteiger charge is -2.33. The molecule has 6 nitrogen and oxygen atoms in total. The summed E-state index contributed by atoms with van der Waals surface area (Å²) in [5, 5.41) is 2.97. The minimum absolute atomic E-state index is 0.0108. The number of anilines is 1. The Kier molecular flexibility index (Phi) is 5.35. The highest BCUT2D eigenvalue weighted by Crippen LogP contribution is 2.23. The van der Waals surface area contributed by atoms with Crippen molar-refractivity contribution in [2.24, 2.45) is 17.6 Å². The van der Waals surface area contributed by atoms with Gasteiger partial charge in [-0.05, 0) is 37.0 Å². The van der Waals surface area contributed by atoms with E-state index >= 15 is 0 Å². The molecule has 130 valence electrons. The number of carbonyl (C=O) groups excluding carboxylic acids is 2. The summed E-state index contributed by atoms with van der Waals surface area (Å²) in [4.78, 5) is 25.6. The van der Waals surface area contributed by atoms with E-state index in [4.69, 9.17) is 10.5 Å². The van der Waals surface area contributed by atoms with Gasteiger partial charge in [-0.25, -0.2) is 0 Å². The van der Waals surface area contributed by atoms with Gasteiger partial charge in [-0.3, -0.25) is 9.59 Å². The van der Waals surface area contributed by atoms with Crippen molar-refractivity contribution in [2.45, 2.75) is 25.8 Å². The average Bonchev–Trinajstić information content (AvgIpc) is 3.15. The van der Waals surface area contributed by atoms with E-state index in [0.717, 1.165) is 37.1 Å². The second kappa shape index (κ2) is 7.66. The number of nitrogens with two attached hydrogens (primary N) is 1. The second-order valence-electron chi connectivity index (χ2n) is 6.63. The van der Waals surface area contributed by atoms with Gasteiger partial charge in [-0.2, -0.15) is 0 Å². The van der Waals surface area contributed by atoms with Crippen LogP contribution in [0.25, 0.3) is 0 Å². The lowest BCUT2D eigenvalue weighted by Crippen LogP contribution is -2.41. The first-order chi connectivity index (χ1) is 11.6. The summed E-state index contributed by atoms with van der Waals surface area (Å²) in [5.41, 5.74) is 7.60. The number of ether oxygens (including phenoxy) is 1. The van der Waals surface area contributed by atoms with E-state index in [1.807, 2.05) is 24.3 Å². The van der Waals surface area contributed by atoms with Crippen LogP contribution in [0.2, 0.25) is 0 Å². The maximum absolute atomic E-state index is 12.0. The highest BCUT2D eigenvalue weighted by atomic mass is 16.5. The Balaban J connectivity index is 1.53. The fourth-order valence-corrected chi connectivity index (χ4v) is 3.34. The van der Waals surface area contributed by atoms with Crippen LogP contribution in [0, 0.1) is 11.8 Å². The van der Waals surface area contributed by atoms with E-state index < -0.39 is 0 Å². The van der Waals surface area contributed by atoms with Gasteiger partial charge in [0.1, 0.15) is 0 Å². The topological polar surface area (TPSA) is 84.7 Å². The molecule has 2 aliphatic rings. The number of benzene rings is 1. The lowest BCUT2D eigenvalue weighted by molar-refractivity contribution is -0.125. The van der Waals surface area contributed by atoms with E-state index in [0.29, 0.717) is 26.3 Å². The first-order valence-corrected chi connectivity index (χ1v) is 8.62. The third kappa shape index (κ3) is 4.06. The number of rotatable bonds is 5. The molecule has 0 aromatic heterocycles. The molecule has 2 saturated heterocycles. The molecule has 2 heterocycles. The van der Waals surface area contributed by atoms with Crippen molar-refractivity contribution in [3.8, 4) is 0 Å². The molecule has 3 rings (SSSR count). The Morgan fingerprint density at radius 3 is 2.67 bits per heavy atom. The average molecular weight is 331 g/mol. The van der Waals surface area contributed by atoms with Crippen molar-refractivity contribution in [1.29, 1.82) is 0 Å². The van der Waals surface area contributed by atoms with E-state index in [9.17, 15) is 9.59 Å². The summed E-state index contributed by atoms with van der Waals surface area (Å²) in [6.07, 6.45) is 2.66. The maximum atomic E-state index is 12.0. The van der Waals surface area contributed by atoms with E-state index in [1.165, 1.54) is 0 Å². The summed E-state index contributed by atoms with van der Waals surface area (Å²) >= 11 is 0. The van der Waals surface area contributed by atoms with Gasteiger partial charge < -0.3 is 20.7 Å². The minimum atomic E-state index is -0.213. The van der Waals surface area contributed by atoms with Gasteiger partial charge in [0, 0.05) is 31.9 Å². The first kappa shape index (κ1) is 16.8. The summed E-state index contributed by atoms with van der Waals surface area (Å²) in [6, 6.07) is 8.14. The number of hydrogen-bond donors (Lipinski definition) is 2. The monoisotopic (exact) mass is 331 g/mol. The number of nitrogens with zero attached hydrogens (tertiary/aromatic N) is 1. The zero-order chi connectivity index (χ0) is 16.9. The Labute approximate surface area is 142 Å². The molecular weight excluding hydrogens is 306 g/mol. The Morgan fingerprint density at radius 2 is 2.00 bits per heavy atom. The highest BCUT2D eigenvalue weighted by Gasteiger charge is 2.24. The van der Waals surface area contributed by atoms with Crippen LogP contribution >= 0.6 is 0 Å². The Hall–Kier alpha value is -2.08. The number of piperidine rings is 1. The normalized spacial score (nSPS) is 23.9. The molecule has 0 bridgehead atoms. The molecule has 1 aromatic carbocycles. The second-order valence-corrected chi connectivity index (χ2v) is 6.63. The summed E-state index contributed by atoms with van der Waals surface area (Å²) in [6.45, 7) is 3.36. The molecular formula is C18H25N3O3. The highest BCUT2D eigenvalue weighted by molar-refractivity contribution is 5.79. The van der Waals surface area contributed by atoms with Crippen molar-refractivity contribution in [1.82, 2.24) is 5.32 Å². The predicted octanol–water partition coefficient (Wildman–Crippen LogP) is 1.04. The molecule has 6 heteroatoms. The van der Waals surface area contributed by atoms with Crippen LogP contribution < -0.4 is 16.0 Å². The smallest absolute Gasteiger partial charge is 0.225 e. The van der Waals surface area contributed by atoms with Crippen molar-refractivity contribution in [3.05, 3.63) is 29.8 Å². The zero-order valence-electron chi connectivity index (χ0n) is 13.9. The SMILES string of the molecule is NC(=O)[C@H]1CCCN(c2ccc(CNC(=O)[C@H]3CCOC3)cc2)C1. The number of hydrogen-bond acceptors (Lipinski definition) is 4. The van der Waals surface area contributed by atoms with Crippen LogP contribution in [-0.4, -0.2) is 38.1 Å². The van der Waals surface area contributed by atoms with Crippen LogP contribution in [0.5, 0.6) is 0 Å². The summed E-state index contributed by atoms with van der Waals surface area (Å²) in [7, 11) is 0. The van der Waals surface area contributed by atoms with Gasteiger partial charge in [-0.15, -0.1) is 0 Å². The molecule has 2 amide bonds. The Bertz CT molecular complexity index is 582. The number of nitrogens with one attached hydrogen (secondary N) is 1. The van der Waals surface area contributed by atoms with Crippen LogP contribution in [0.1, 0.15) is 24.8 Å². The standard InChI is InChI=1S/C18H25N3O3/c19-17(22)14-2-1-8-21(11-14)16-5-3-13(4-6-16)10-20-18(23)15-7-9-24-12-15/h3-6,14-15H,1-2,7-12H2,(H2,19,22)(H,20,23)/t14-,15-/m0/s1. The van der Waals surface area contributed by atoms with Crippen molar-refractivity contribution >= 4 is 17.5 Å². The van der Waals surface area contributed by atoms with Crippen LogP contribution in [0.4, 0.5) is 5.69 Å². The molecule has 3 N–H and O–H groups in total. The number of primary amides is 1. The van der Waals surface area contributed by atoms with Crippen molar-refractivity contribution < 1.29 is 14.3 Å². The fourth-order valence-electron chi connectivity index (χ4n) is 3.34. The van der Waals surface area contributed by atoms with Gasteiger partial charge in [-0.1, -0.05) is 12.1 Å². The Morgan fingerprint density at radius 1 is 1.21 bits per heavy atom. The minimum Gasteiger partial charge on any atom is -0.381 e. The van der Waals surface area contributed by atoms with Crippen LogP contribution in [0.3, 0.4) is 0 Å². The van der Waals surface area contributed by atoms with Crippen molar-refractivity contribution in [2.75, 3.05) is 31.2 Å². The molecule has 2 aliphatic heterocycles. The molecule has 24 heavy (non-hydrogen) atoms. The molecule has 0 aliphatic carbocycles. The van der Waals surface area contributed by atoms with E-state index in [-0.39, 0.29) is 23.7 Å². The molecule has 0 saturated carbocycles. The van der Waals surface area contributed by atoms with E-state index in [2.05, 4.69) is 10.2 Å². The zero-order valence-corrected chi connectivity index (χ0v) is 13.9. The summed E-state index contributed by atoms with van der Waals surface area (Å²) in [5.74, 6) is -0.221. The van der Waals surface area contributed by atoms with Gasteiger partial charge in [0.25, 0.3) is 0 Å². The van der Waals surface area contributed by atoms with Gasteiger partial charge in [0.15, 0.2) is 0 Å². The quantitative estimate of drug-likeness (QED) is 0.844. The van der Waals surface area contributed by atoms with E-state index in [1.54, 1.807) is 0 Å². The molecule has 0 radical (unpaired) electrons. The lowest BCUT2D eigenvalue weighted by atomic mass is 9.97. The first-order valence-electron chi connectivity index (χ1n) is 8.62. The molecule has 0 unspecified atom stereocenters. The third-order valence-electron chi connectivity index (χ3n) is 4.89. The largest absolute Gasteiger partial charge is 0.381 e. The van der Waals surface area contributed by atoms with Gasteiger partial charge in [0.05, 0.1) is 18.4 Å². The molecule has 2 fully saturated rings. The maximum Gasteiger partial charge on any atom is 0.225 e. The molecule has 2 atom stereocenters. The fraction of sp³-hybridized carbons (Fsp3) is 0.556. The predicted molar refractivity (Wildman–Crippen MR) is 91.3 cm³/mol. The molecule has 0 spiro atoms. The van der Waals surface area contributed by atoms with Gasteiger partial charge in [0.2, 0.25) is 11.8 Å². The van der Waals surface area contributed by atoms with Gasteiger partial charge >= 0.3 is 0 Å². The number of carbonyl (C=O) groups is 2. The molecule has 1 aromatic rings. The number of amides is 2. The van der Waals surface area contributed by atoms with Crippen molar-refractivity contribution in [3.63, 3.8) is 0 Å². The van der Waals surface area contributed by atoms with Crippen LogP contribution in [-0.2, 0) is 20.9 Å².